The lowest BCUT2D eigenvalue weighted by atomic mass is 10.0. The van der Waals surface area contributed by atoms with Crippen LogP contribution in [0.15, 0.2) is 42.5 Å². The van der Waals surface area contributed by atoms with E-state index in [1.807, 2.05) is 0 Å². The summed E-state index contributed by atoms with van der Waals surface area (Å²) in [6.07, 6.45) is 0.165. The summed E-state index contributed by atoms with van der Waals surface area (Å²) in [5.74, 6) is -1.94. The summed E-state index contributed by atoms with van der Waals surface area (Å²) in [4.78, 5) is 11.5. The molecule has 0 saturated carbocycles. The Balaban J connectivity index is 2.03. The van der Waals surface area contributed by atoms with Gasteiger partial charge in [0.15, 0.2) is 9.84 Å². The molecule has 0 aromatic heterocycles. The molecular weight excluding hydrogens is 414 g/mol. The van der Waals surface area contributed by atoms with Crippen LogP contribution in [0.1, 0.15) is 23.6 Å². The Bertz CT molecular complexity index is 962. The summed E-state index contributed by atoms with van der Waals surface area (Å²) in [5, 5.41) is 16.2. The normalized spacial score (nSPS) is 13.6. The number of carbonyl (C=O) groups excluding carboxylic acids is 1. The maximum absolute atomic E-state index is 13.4. The van der Waals surface area contributed by atoms with Crippen LogP contribution in [-0.2, 0) is 33.4 Å². The molecule has 0 heterocycles. The Kier molecular flexibility index (Phi) is 8.45. The molecular formula is C21H26F2N2O4S. The zero-order valence-corrected chi connectivity index (χ0v) is 17.7. The summed E-state index contributed by atoms with van der Waals surface area (Å²) in [5.41, 5.74) is 1.75. The lowest BCUT2D eigenvalue weighted by Gasteiger charge is -2.24. The van der Waals surface area contributed by atoms with Gasteiger partial charge in [0, 0.05) is 32.3 Å². The highest BCUT2D eigenvalue weighted by atomic mass is 32.2. The van der Waals surface area contributed by atoms with E-state index in [9.17, 15) is 27.1 Å². The number of sulfone groups is 1. The van der Waals surface area contributed by atoms with Crippen LogP contribution in [0.2, 0.25) is 0 Å². The number of halogens is 2. The molecule has 3 N–H and O–H groups in total. The Labute approximate surface area is 175 Å². The first kappa shape index (κ1) is 23.9. The van der Waals surface area contributed by atoms with Crippen molar-refractivity contribution >= 4 is 15.7 Å². The van der Waals surface area contributed by atoms with Crippen molar-refractivity contribution in [2.75, 3.05) is 12.8 Å². The minimum absolute atomic E-state index is 0.0434. The van der Waals surface area contributed by atoms with Gasteiger partial charge in [-0.25, -0.2) is 17.2 Å². The molecule has 0 radical (unpaired) electrons. The van der Waals surface area contributed by atoms with E-state index in [1.54, 1.807) is 24.3 Å². The summed E-state index contributed by atoms with van der Waals surface area (Å²) in [7, 11) is -3.20. The van der Waals surface area contributed by atoms with E-state index in [0.29, 0.717) is 17.7 Å². The summed E-state index contributed by atoms with van der Waals surface area (Å²) in [6.45, 7) is 1.68. The van der Waals surface area contributed by atoms with Crippen LogP contribution >= 0.6 is 0 Å². The van der Waals surface area contributed by atoms with Gasteiger partial charge in [0.05, 0.1) is 17.9 Å². The van der Waals surface area contributed by atoms with E-state index < -0.39 is 33.6 Å². The molecule has 0 bridgehead atoms. The Morgan fingerprint density at radius 3 is 2.27 bits per heavy atom. The van der Waals surface area contributed by atoms with Crippen LogP contribution in [0.3, 0.4) is 0 Å². The standard InChI is InChI=1S/C21H26F2N2O4S/c1-14(26)25-20(9-15-7-18(22)10-19(23)8-15)21(27)12-24-11-16-5-3-4-6-17(16)13-30(2,28)29/h3-8,10,20-21,24,27H,9,11-13H2,1-2H3,(H,25,26)/t20-,21+/m0/s1. The number of hydrogen-bond acceptors (Lipinski definition) is 5. The molecule has 30 heavy (non-hydrogen) atoms. The highest BCUT2D eigenvalue weighted by Gasteiger charge is 2.21. The van der Waals surface area contributed by atoms with Crippen LogP contribution in [0.25, 0.3) is 0 Å². The average molecular weight is 441 g/mol. The van der Waals surface area contributed by atoms with E-state index in [-0.39, 0.29) is 24.6 Å². The molecule has 0 aliphatic heterocycles. The fourth-order valence-corrected chi connectivity index (χ4v) is 4.02. The van der Waals surface area contributed by atoms with Gasteiger partial charge in [0.1, 0.15) is 11.6 Å². The van der Waals surface area contributed by atoms with Crippen molar-refractivity contribution < 1.29 is 27.1 Å². The molecule has 0 aliphatic rings. The van der Waals surface area contributed by atoms with Crippen molar-refractivity contribution in [2.45, 2.75) is 37.8 Å². The van der Waals surface area contributed by atoms with E-state index in [0.717, 1.165) is 30.0 Å². The third kappa shape index (κ3) is 8.17. The summed E-state index contributed by atoms with van der Waals surface area (Å²) in [6, 6.07) is 9.36. The second kappa shape index (κ2) is 10.6. The molecule has 0 aliphatic carbocycles. The number of nitrogens with one attached hydrogen (secondary N) is 2. The van der Waals surface area contributed by atoms with Crippen LogP contribution in [0.5, 0.6) is 0 Å². The van der Waals surface area contributed by atoms with Gasteiger partial charge >= 0.3 is 0 Å². The molecule has 2 aromatic carbocycles. The van der Waals surface area contributed by atoms with Crippen LogP contribution in [0.4, 0.5) is 8.78 Å². The van der Waals surface area contributed by atoms with Crippen molar-refractivity contribution in [1.29, 1.82) is 0 Å². The first-order valence-electron chi connectivity index (χ1n) is 9.39. The molecule has 164 valence electrons. The molecule has 2 aromatic rings. The maximum Gasteiger partial charge on any atom is 0.217 e. The van der Waals surface area contributed by atoms with Crippen molar-refractivity contribution in [3.63, 3.8) is 0 Å². The average Bonchev–Trinajstić information content (AvgIpc) is 2.60. The van der Waals surface area contributed by atoms with Crippen LogP contribution in [-0.4, -0.2) is 44.4 Å². The van der Waals surface area contributed by atoms with Gasteiger partial charge in [-0.05, 0) is 35.2 Å². The Morgan fingerprint density at radius 1 is 1.10 bits per heavy atom. The molecule has 1 amide bonds. The molecule has 9 heteroatoms. The second-order valence-electron chi connectivity index (χ2n) is 7.33. The Morgan fingerprint density at radius 2 is 1.70 bits per heavy atom. The van der Waals surface area contributed by atoms with Gasteiger partial charge in [-0.15, -0.1) is 0 Å². The number of amides is 1. The molecule has 0 spiro atoms. The summed E-state index contributed by atoms with van der Waals surface area (Å²) >= 11 is 0. The minimum atomic E-state index is -3.20. The maximum atomic E-state index is 13.4. The quantitative estimate of drug-likeness (QED) is 0.523. The van der Waals surface area contributed by atoms with E-state index in [4.69, 9.17) is 0 Å². The predicted molar refractivity (Wildman–Crippen MR) is 110 cm³/mol. The first-order chi connectivity index (χ1) is 14.0. The van der Waals surface area contributed by atoms with Crippen molar-refractivity contribution in [1.82, 2.24) is 10.6 Å². The smallest absolute Gasteiger partial charge is 0.217 e. The highest BCUT2D eigenvalue weighted by Crippen LogP contribution is 2.14. The van der Waals surface area contributed by atoms with Gasteiger partial charge in [-0.1, -0.05) is 24.3 Å². The zero-order chi connectivity index (χ0) is 22.3. The molecule has 2 rings (SSSR count). The molecule has 6 nitrogen and oxygen atoms in total. The SMILES string of the molecule is CC(=O)N[C@@H](Cc1cc(F)cc(F)c1)[C@H](O)CNCc1ccccc1CS(C)(=O)=O. The third-order valence-electron chi connectivity index (χ3n) is 4.44. The fraction of sp³-hybridized carbons (Fsp3) is 0.381. The molecule has 0 fully saturated rings. The second-order valence-corrected chi connectivity index (χ2v) is 9.47. The molecule has 0 saturated heterocycles. The third-order valence-corrected chi connectivity index (χ3v) is 5.27. The highest BCUT2D eigenvalue weighted by molar-refractivity contribution is 7.89. The molecule has 0 unspecified atom stereocenters. The topological polar surface area (TPSA) is 95.5 Å². The fourth-order valence-electron chi connectivity index (χ4n) is 3.18. The monoisotopic (exact) mass is 440 g/mol. The minimum Gasteiger partial charge on any atom is -0.390 e. The van der Waals surface area contributed by atoms with Gasteiger partial charge in [0.2, 0.25) is 5.91 Å². The van der Waals surface area contributed by atoms with Gasteiger partial charge in [-0.3, -0.25) is 4.79 Å². The van der Waals surface area contributed by atoms with Gasteiger partial charge < -0.3 is 15.7 Å². The molecule has 2 atom stereocenters. The van der Waals surface area contributed by atoms with Crippen molar-refractivity contribution in [2.24, 2.45) is 0 Å². The number of carbonyl (C=O) groups is 1. The van der Waals surface area contributed by atoms with Crippen molar-refractivity contribution in [3.05, 3.63) is 70.8 Å². The van der Waals surface area contributed by atoms with E-state index >= 15 is 0 Å². The predicted octanol–water partition coefficient (Wildman–Crippen LogP) is 1.71. The number of benzene rings is 2. The first-order valence-corrected chi connectivity index (χ1v) is 11.4. The largest absolute Gasteiger partial charge is 0.390 e. The summed E-state index contributed by atoms with van der Waals surface area (Å²) < 4.78 is 50.1. The lowest BCUT2D eigenvalue weighted by Crippen LogP contribution is -2.48. The number of aliphatic hydroxyl groups excluding tert-OH is 1. The Hall–Kier alpha value is -2.36. The van der Waals surface area contributed by atoms with E-state index in [2.05, 4.69) is 10.6 Å². The van der Waals surface area contributed by atoms with Crippen molar-refractivity contribution in [3.8, 4) is 0 Å². The number of rotatable bonds is 10. The van der Waals surface area contributed by atoms with Gasteiger partial charge in [-0.2, -0.15) is 0 Å². The number of aliphatic hydroxyl groups is 1. The van der Waals surface area contributed by atoms with Gasteiger partial charge in [0.25, 0.3) is 0 Å². The lowest BCUT2D eigenvalue weighted by molar-refractivity contribution is -0.120. The number of hydrogen-bond donors (Lipinski definition) is 3. The van der Waals surface area contributed by atoms with Crippen LogP contribution in [0, 0.1) is 11.6 Å². The van der Waals surface area contributed by atoms with E-state index in [1.165, 1.54) is 6.92 Å². The van der Waals surface area contributed by atoms with Crippen LogP contribution < -0.4 is 10.6 Å². The zero-order valence-electron chi connectivity index (χ0n) is 16.9.